The van der Waals surface area contributed by atoms with Gasteiger partial charge in [0, 0.05) is 12.6 Å². The van der Waals surface area contributed by atoms with Gasteiger partial charge in [-0.3, -0.25) is 14.5 Å². The Morgan fingerprint density at radius 3 is 2.58 bits per heavy atom. The van der Waals surface area contributed by atoms with Crippen molar-refractivity contribution < 1.29 is 18.7 Å². The molecule has 1 N–H and O–H groups in total. The SMILES string of the molecule is CNC(=O)CN(C)CC(=O)c1ccc(OC)c(F)c1. The summed E-state index contributed by atoms with van der Waals surface area (Å²) in [7, 11) is 4.53. The topological polar surface area (TPSA) is 58.6 Å². The van der Waals surface area contributed by atoms with Gasteiger partial charge >= 0.3 is 0 Å². The van der Waals surface area contributed by atoms with E-state index in [2.05, 4.69) is 5.32 Å². The summed E-state index contributed by atoms with van der Waals surface area (Å²) in [5, 5.41) is 2.46. The Kier molecular flexibility index (Phi) is 5.44. The fraction of sp³-hybridized carbons (Fsp3) is 0.385. The number of nitrogens with zero attached hydrogens (tertiary/aromatic N) is 1. The maximum Gasteiger partial charge on any atom is 0.233 e. The van der Waals surface area contributed by atoms with Crippen LogP contribution in [0.1, 0.15) is 10.4 Å². The Bertz CT molecular complexity index is 477. The summed E-state index contributed by atoms with van der Waals surface area (Å²) in [6.45, 7) is 0.153. The molecule has 0 heterocycles. The van der Waals surface area contributed by atoms with Crippen molar-refractivity contribution in [3.8, 4) is 5.75 Å². The second-order valence-electron chi connectivity index (χ2n) is 4.12. The molecule has 19 heavy (non-hydrogen) atoms. The minimum atomic E-state index is -0.581. The van der Waals surface area contributed by atoms with E-state index in [9.17, 15) is 14.0 Å². The molecule has 104 valence electrons. The molecule has 0 bridgehead atoms. The second-order valence-corrected chi connectivity index (χ2v) is 4.12. The number of Topliss-reactive ketones (excluding diaryl/α,β-unsaturated/α-hetero) is 1. The number of ketones is 1. The summed E-state index contributed by atoms with van der Waals surface area (Å²) >= 11 is 0. The zero-order chi connectivity index (χ0) is 14.4. The van der Waals surface area contributed by atoms with Crippen molar-refractivity contribution in [2.24, 2.45) is 0 Å². The van der Waals surface area contributed by atoms with Gasteiger partial charge in [0.05, 0.1) is 20.2 Å². The number of ether oxygens (including phenoxy) is 1. The summed E-state index contributed by atoms with van der Waals surface area (Å²) in [5.74, 6) is -0.929. The van der Waals surface area contributed by atoms with Crippen molar-refractivity contribution in [2.75, 3.05) is 34.3 Å². The third-order valence-corrected chi connectivity index (χ3v) is 2.58. The number of nitrogens with one attached hydrogen (secondary N) is 1. The highest BCUT2D eigenvalue weighted by Crippen LogP contribution is 2.18. The van der Waals surface area contributed by atoms with E-state index in [4.69, 9.17) is 4.74 Å². The highest BCUT2D eigenvalue weighted by molar-refractivity contribution is 5.98. The van der Waals surface area contributed by atoms with Crippen LogP contribution in [0.5, 0.6) is 5.75 Å². The first-order valence-corrected chi connectivity index (χ1v) is 5.73. The number of hydrogen-bond donors (Lipinski definition) is 1. The van der Waals surface area contributed by atoms with Gasteiger partial charge in [-0.15, -0.1) is 0 Å². The molecule has 0 aliphatic heterocycles. The number of carbonyl (C=O) groups is 2. The molecule has 1 rings (SSSR count). The Morgan fingerprint density at radius 2 is 2.05 bits per heavy atom. The molecule has 0 saturated heterocycles. The molecular weight excluding hydrogens is 251 g/mol. The molecule has 6 heteroatoms. The van der Waals surface area contributed by atoms with Crippen molar-refractivity contribution in [2.45, 2.75) is 0 Å². The lowest BCUT2D eigenvalue weighted by Crippen LogP contribution is -2.36. The maximum atomic E-state index is 13.5. The third-order valence-electron chi connectivity index (χ3n) is 2.58. The standard InChI is InChI=1S/C13H17FN2O3/c1-15-13(18)8-16(2)7-11(17)9-4-5-12(19-3)10(14)6-9/h4-6H,7-8H2,1-3H3,(H,15,18). The zero-order valence-electron chi connectivity index (χ0n) is 11.2. The quantitative estimate of drug-likeness (QED) is 0.771. The average Bonchev–Trinajstić information content (AvgIpc) is 2.38. The number of methoxy groups -OCH3 is 1. The lowest BCUT2D eigenvalue weighted by molar-refractivity contribution is -0.121. The van der Waals surface area contributed by atoms with Crippen molar-refractivity contribution in [3.05, 3.63) is 29.6 Å². The first-order chi connectivity index (χ1) is 8.97. The third kappa shape index (κ3) is 4.33. The Morgan fingerprint density at radius 1 is 1.37 bits per heavy atom. The number of halogens is 1. The van der Waals surface area contributed by atoms with Crippen LogP contribution in [0.15, 0.2) is 18.2 Å². The van der Waals surface area contributed by atoms with Gasteiger partial charge in [-0.25, -0.2) is 4.39 Å². The molecule has 0 unspecified atom stereocenters. The van der Waals surface area contributed by atoms with Crippen molar-refractivity contribution in [3.63, 3.8) is 0 Å². The Hall–Kier alpha value is -1.95. The van der Waals surface area contributed by atoms with Crippen LogP contribution < -0.4 is 10.1 Å². The molecular formula is C13H17FN2O3. The first kappa shape index (κ1) is 15.1. The van der Waals surface area contributed by atoms with E-state index in [1.54, 1.807) is 11.9 Å². The van der Waals surface area contributed by atoms with Gasteiger partial charge in [0.1, 0.15) is 0 Å². The minimum Gasteiger partial charge on any atom is -0.494 e. The van der Waals surface area contributed by atoms with Crippen molar-refractivity contribution >= 4 is 11.7 Å². The molecule has 1 aromatic carbocycles. The number of likely N-dealkylation sites (N-methyl/N-ethyl adjacent to an activating group) is 2. The van der Waals surface area contributed by atoms with Crippen LogP contribution in [-0.2, 0) is 4.79 Å². The molecule has 1 amide bonds. The molecule has 0 spiro atoms. The smallest absolute Gasteiger partial charge is 0.233 e. The van der Waals surface area contributed by atoms with Gasteiger partial charge in [0.25, 0.3) is 0 Å². The van der Waals surface area contributed by atoms with Crippen LogP contribution in [0.3, 0.4) is 0 Å². The second kappa shape index (κ2) is 6.84. The molecule has 0 radical (unpaired) electrons. The van der Waals surface area contributed by atoms with E-state index in [-0.39, 0.29) is 36.1 Å². The normalized spacial score (nSPS) is 10.4. The maximum absolute atomic E-state index is 13.5. The van der Waals surface area contributed by atoms with E-state index < -0.39 is 5.82 Å². The van der Waals surface area contributed by atoms with Crippen LogP contribution in [0.2, 0.25) is 0 Å². The van der Waals surface area contributed by atoms with Gasteiger partial charge in [0.2, 0.25) is 5.91 Å². The predicted octanol–water partition coefficient (Wildman–Crippen LogP) is 0.695. The number of amides is 1. The molecule has 0 atom stereocenters. The van der Waals surface area contributed by atoms with Gasteiger partial charge in [0.15, 0.2) is 17.3 Å². The lowest BCUT2D eigenvalue weighted by atomic mass is 10.1. The van der Waals surface area contributed by atoms with Crippen molar-refractivity contribution in [1.82, 2.24) is 10.2 Å². The largest absolute Gasteiger partial charge is 0.494 e. The van der Waals surface area contributed by atoms with Gasteiger partial charge < -0.3 is 10.1 Å². The fourth-order valence-electron chi connectivity index (χ4n) is 1.56. The van der Waals surface area contributed by atoms with Crippen molar-refractivity contribution in [1.29, 1.82) is 0 Å². The number of carbonyl (C=O) groups excluding carboxylic acids is 2. The molecule has 0 saturated carbocycles. The number of benzene rings is 1. The molecule has 0 fully saturated rings. The van der Waals surface area contributed by atoms with Crippen LogP contribution in [0, 0.1) is 5.82 Å². The summed E-state index contributed by atoms with van der Waals surface area (Å²) in [4.78, 5) is 24.6. The number of hydrogen-bond acceptors (Lipinski definition) is 4. The zero-order valence-corrected chi connectivity index (χ0v) is 11.2. The van der Waals surface area contributed by atoms with Gasteiger partial charge in [-0.1, -0.05) is 0 Å². The van der Waals surface area contributed by atoms with E-state index >= 15 is 0 Å². The monoisotopic (exact) mass is 268 g/mol. The number of rotatable bonds is 6. The fourth-order valence-corrected chi connectivity index (χ4v) is 1.56. The summed E-state index contributed by atoms with van der Waals surface area (Å²) in [6.07, 6.45) is 0. The molecule has 0 aliphatic carbocycles. The summed E-state index contributed by atoms with van der Waals surface area (Å²) in [6, 6.07) is 4.04. The minimum absolute atomic E-state index is 0.0409. The molecule has 5 nitrogen and oxygen atoms in total. The van der Waals surface area contributed by atoms with Crippen LogP contribution in [0.25, 0.3) is 0 Å². The van der Waals surface area contributed by atoms with E-state index in [1.165, 1.54) is 26.3 Å². The highest BCUT2D eigenvalue weighted by atomic mass is 19.1. The summed E-state index contributed by atoms with van der Waals surface area (Å²) in [5.41, 5.74) is 0.252. The van der Waals surface area contributed by atoms with Gasteiger partial charge in [-0.05, 0) is 25.2 Å². The summed E-state index contributed by atoms with van der Waals surface area (Å²) < 4.78 is 18.2. The van der Waals surface area contributed by atoms with Crippen LogP contribution in [0.4, 0.5) is 4.39 Å². The molecule has 0 aromatic heterocycles. The van der Waals surface area contributed by atoms with Gasteiger partial charge in [-0.2, -0.15) is 0 Å². The predicted molar refractivity (Wildman–Crippen MR) is 68.8 cm³/mol. The van der Waals surface area contributed by atoms with Crippen LogP contribution in [-0.4, -0.2) is 50.9 Å². The Balaban J connectivity index is 2.68. The van der Waals surface area contributed by atoms with E-state index in [0.717, 1.165) is 6.07 Å². The Labute approximate surface area is 111 Å². The lowest BCUT2D eigenvalue weighted by Gasteiger charge is -2.14. The van der Waals surface area contributed by atoms with E-state index in [1.807, 2.05) is 0 Å². The van der Waals surface area contributed by atoms with Crippen LogP contribution >= 0.6 is 0 Å². The molecule has 0 aliphatic rings. The average molecular weight is 268 g/mol. The first-order valence-electron chi connectivity index (χ1n) is 5.73. The highest BCUT2D eigenvalue weighted by Gasteiger charge is 2.13. The molecule has 1 aromatic rings. The van der Waals surface area contributed by atoms with E-state index in [0.29, 0.717) is 0 Å².